The number of rotatable bonds is 8. The molecule has 3 N–H and O–H groups in total. The molecule has 1 heterocycles. The van der Waals surface area contributed by atoms with E-state index in [-0.39, 0.29) is 22.7 Å². The molecule has 1 atom stereocenters. The van der Waals surface area contributed by atoms with Gasteiger partial charge in [0, 0.05) is 25.3 Å². The van der Waals surface area contributed by atoms with E-state index in [2.05, 4.69) is 10.3 Å². The van der Waals surface area contributed by atoms with Gasteiger partial charge in [0.15, 0.2) is 4.90 Å². The van der Waals surface area contributed by atoms with Crippen molar-refractivity contribution >= 4 is 34.6 Å². The van der Waals surface area contributed by atoms with E-state index in [1.165, 1.54) is 29.4 Å². The van der Waals surface area contributed by atoms with Crippen LogP contribution in [0, 0.1) is 12.9 Å². The second-order valence-corrected chi connectivity index (χ2v) is 9.52. The van der Waals surface area contributed by atoms with Crippen LogP contribution in [0.25, 0.3) is 0 Å². The number of hydrogen-bond acceptors (Lipinski definition) is 6. The SMILES string of the molecule is Cc1nc(F)ccc1Oc1cc(C(F)(F)F)c(Cl)cc1C(=O)Nc1cccc([S@@+]([O-])N(C)CCN)c1. The van der Waals surface area contributed by atoms with Gasteiger partial charge in [-0.3, -0.25) is 4.79 Å². The molecule has 36 heavy (non-hydrogen) atoms. The Morgan fingerprint density at radius 2 is 1.94 bits per heavy atom. The third-order valence-electron chi connectivity index (χ3n) is 4.86. The Morgan fingerprint density at radius 1 is 1.22 bits per heavy atom. The number of aromatic nitrogens is 1. The van der Waals surface area contributed by atoms with Crippen molar-refractivity contribution in [1.82, 2.24) is 9.29 Å². The summed E-state index contributed by atoms with van der Waals surface area (Å²) in [5.41, 5.74) is 4.24. The monoisotopic (exact) mass is 544 g/mol. The summed E-state index contributed by atoms with van der Waals surface area (Å²) in [4.78, 5) is 17.0. The average Bonchev–Trinajstić information content (AvgIpc) is 2.80. The first-order valence-electron chi connectivity index (χ1n) is 10.4. The van der Waals surface area contributed by atoms with Gasteiger partial charge in [0.05, 0.1) is 39.8 Å². The molecule has 0 unspecified atom stereocenters. The summed E-state index contributed by atoms with van der Waals surface area (Å²) in [7, 11) is 1.62. The molecule has 0 fully saturated rings. The number of nitrogens with two attached hydrogens (primary N) is 1. The van der Waals surface area contributed by atoms with Crippen LogP contribution in [0.3, 0.4) is 0 Å². The fourth-order valence-electron chi connectivity index (χ4n) is 3.10. The molecule has 3 aromatic rings. The van der Waals surface area contributed by atoms with E-state index in [1.54, 1.807) is 19.2 Å². The molecule has 192 valence electrons. The lowest BCUT2D eigenvalue weighted by Crippen LogP contribution is -2.31. The van der Waals surface area contributed by atoms with Crippen LogP contribution < -0.4 is 15.8 Å². The summed E-state index contributed by atoms with van der Waals surface area (Å²) in [5.74, 6) is -2.17. The number of pyridine rings is 1. The highest BCUT2D eigenvalue weighted by Crippen LogP contribution is 2.40. The molecule has 3 rings (SSSR count). The van der Waals surface area contributed by atoms with Crippen LogP contribution in [0.1, 0.15) is 21.6 Å². The number of benzene rings is 2. The van der Waals surface area contributed by atoms with Gasteiger partial charge in [-0.05, 0) is 43.3 Å². The minimum absolute atomic E-state index is 0.0544. The normalized spacial score (nSPS) is 12.5. The third-order valence-corrected chi connectivity index (χ3v) is 6.58. The van der Waals surface area contributed by atoms with E-state index in [4.69, 9.17) is 22.1 Å². The van der Waals surface area contributed by atoms with E-state index >= 15 is 0 Å². The van der Waals surface area contributed by atoms with Gasteiger partial charge >= 0.3 is 6.18 Å². The van der Waals surface area contributed by atoms with Crippen LogP contribution in [0.5, 0.6) is 11.5 Å². The second kappa shape index (κ2) is 11.4. The number of hydrogen-bond donors (Lipinski definition) is 2. The fraction of sp³-hybridized carbons (Fsp3) is 0.217. The number of amides is 1. The van der Waals surface area contributed by atoms with E-state index in [0.29, 0.717) is 24.1 Å². The molecular weight excluding hydrogens is 524 g/mol. The van der Waals surface area contributed by atoms with E-state index in [1.807, 2.05) is 0 Å². The van der Waals surface area contributed by atoms with Crippen LogP contribution in [0.4, 0.5) is 23.2 Å². The highest BCUT2D eigenvalue weighted by Gasteiger charge is 2.35. The first kappa shape index (κ1) is 27.7. The lowest BCUT2D eigenvalue weighted by atomic mass is 10.1. The summed E-state index contributed by atoms with van der Waals surface area (Å²) in [6, 6.07) is 9.69. The highest BCUT2D eigenvalue weighted by molar-refractivity contribution is 7.89. The van der Waals surface area contributed by atoms with Crippen molar-refractivity contribution in [2.75, 3.05) is 25.5 Å². The molecule has 0 saturated heterocycles. The van der Waals surface area contributed by atoms with Gasteiger partial charge in [-0.1, -0.05) is 17.7 Å². The molecule has 0 bridgehead atoms. The average molecular weight is 545 g/mol. The van der Waals surface area contributed by atoms with Crippen LogP contribution in [-0.4, -0.2) is 39.9 Å². The largest absolute Gasteiger partial charge is 0.593 e. The number of carbonyl (C=O) groups excluding carboxylic acids is 1. The summed E-state index contributed by atoms with van der Waals surface area (Å²) in [6.07, 6.45) is -4.83. The van der Waals surface area contributed by atoms with Crippen molar-refractivity contribution in [2.24, 2.45) is 5.73 Å². The molecule has 1 aromatic heterocycles. The Hall–Kier alpha value is -2.90. The smallest absolute Gasteiger partial charge is 0.417 e. The van der Waals surface area contributed by atoms with Gasteiger partial charge < -0.3 is 20.3 Å². The summed E-state index contributed by atoms with van der Waals surface area (Å²) in [6.45, 7) is 2.05. The Morgan fingerprint density at radius 3 is 2.58 bits per heavy atom. The lowest BCUT2D eigenvalue weighted by Gasteiger charge is -2.19. The Balaban J connectivity index is 1.97. The standard InChI is InChI=1S/C23H21ClF4N4O3S/c1-13-19(6-7-21(25)30-13)35-20-12-17(23(26,27)28)18(24)11-16(20)22(33)31-14-4-3-5-15(10-14)36(34)32(2)9-8-29/h3-7,10-12H,8-9,29H2,1-2H3,(H,31,33)/t36-/m1/s1. The molecule has 0 aliphatic rings. The number of nitrogens with zero attached hydrogens (tertiary/aromatic N) is 2. The highest BCUT2D eigenvalue weighted by atomic mass is 35.5. The van der Waals surface area contributed by atoms with Gasteiger partial charge in [0.2, 0.25) is 5.95 Å². The molecule has 2 aromatic carbocycles. The first-order chi connectivity index (χ1) is 16.9. The second-order valence-electron chi connectivity index (χ2n) is 7.52. The first-order valence-corrected chi connectivity index (χ1v) is 11.9. The predicted octanol–water partition coefficient (Wildman–Crippen LogP) is 5.16. The van der Waals surface area contributed by atoms with Gasteiger partial charge in [0.1, 0.15) is 11.5 Å². The van der Waals surface area contributed by atoms with Crippen LogP contribution in [0.2, 0.25) is 5.02 Å². The van der Waals surface area contributed by atoms with Crippen molar-refractivity contribution in [3.63, 3.8) is 0 Å². The number of halogens is 5. The van der Waals surface area contributed by atoms with E-state index < -0.39 is 45.7 Å². The number of aryl methyl sites for hydroxylation is 1. The van der Waals surface area contributed by atoms with Crippen LogP contribution in [0.15, 0.2) is 53.4 Å². The number of alkyl halides is 3. The molecule has 0 aliphatic carbocycles. The zero-order valence-corrected chi connectivity index (χ0v) is 20.6. The fourth-order valence-corrected chi connectivity index (χ4v) is 4.43. The zero-order chi connectivity index (χ0) is 26.6. The quantitative estimate of drug-likeness (QED) is 0.231. The number of ether oxygens (including phenoxy) is 1. The molecule has 13 heteroatoms. The van der Waals surface area contributed by atoms with E-state index in [9.17, 15) is 26.9 Å². The molecule has 0 saturated carbocycles. The maximum absolute atomic E-state index is 13.5. The maximum atomic E-state index is 13.5. The molecule has 0 aliphatic heterocycles. The number of nitrogens with one attached hydrogen (secondary N) is 1. The van der Waals surface area contributed by atoms with Gasteiger partial charge in [-0.2, -0.15) is 17.6 Å². The molecule has 7 nitrogen and oxygen atoms in total. The van der Waals surface area contributed by atoms with Crippen molar-refractivity contribution in [2.45, 2.75) is 18.0 Å². The zero-order valence-electron chi connectivity index (χ0n) is 19.0. The topological polar surface area (TPSA) is 104 Å². The minimum atomic E-state index is -4.83. The Labute approximate surface area is 212 Å². The summed E-state index contributed by atoms with van der Waals surface area (Å²) in [5, 5.41) is 1.83. The van der Waals surface area contributed by atoms with Crippen molar-refractivity contribution in [1.29, 1.82) is 0 Å². The molecule has 0 spiro atoms. The van der Waals surface area contributed by atoms with Crippen molar-refractivity contribution < 1.29 is 31.6 Å². The van der Waals surface area contributed by atoms with Crippen LogP contribution >= 0.6 is 11.6 Å². The van der Waals surface area contributed by atoms with Gasteiger partial charge in [0.25, 0.3) is 5.91 Å². The number of likely N-dealkylation sites (N-methyl/N-ethyl adjacent to an activating group) is 1. The minimum Gasteiger partial charge on any atom is -0.593 e. The van der Waals surface area contributed by atoms with Gasteiger partial charge in [-0.25, -0.2) is 4.98 Å². The Bertz CT molecular complexity index is 1260. The third kappa shape index (κ3) is 6.65. The Kier molecular flexibility index (Phi) is 8.80. The number of anilines is 1. The molecular formula is C23H21ClF4N4O3S. The van der Waals surface area contributed by atoms with Gasteiger partial charge in [-0.15, -0.1) is 4.31 Å². The summed E-state index contributed by atoms with van der Waals surface area (Å²) >= 11 is 4.29. The summed E-state index contributed by atoms with van der Waals surface area (Å²) < 4.78 is 73.5. The lowest BCUT2D eigenvalue weighted by molar-refractivity contribution is -0.137. The maximum Gasteiger partial charge on any atom is 0.417 e. The number of carbonyl (C=O) groups is 1. The molecule has 0 radical (unpaired) electrons. The predicted molar refractivity (Wildman–Crippen MR) is 128 cm³/mol. The van der Waals surface area contributed by atoms with Crippen molar-refractivity contribution in [3.05, 3.63) is 76.3 Å². The van der Waals surface area contributed by atoms with E-state index in [0.717, 1.165) is 12.1 Å². The van der Waals surface area contributed by atoms with Crippen LogP contribution in [-0.2, 0) is 17.5 Å². The van der Waals surface area contributed by atoms with Crippen molar-refractivity contribution in [3.8, 4) is 11.5 Å². The molecule has 1 amide bonds.